The maximum atomic E-state index is 5.63. The van der Waals surface area contributed by atoms with Crippen molar-refractivity contribution >= 4 is 5.69 Å². The molecule has 1 aliphatic heterocycles. The number of ether oxygens (including phenoxy) is 1. The van der Waals surface area contributed by atoms with Gasteiger partial charge in [0, 0.05) is 12.2 Å². The Morgan fingerprint density at radius 3 is 3.00 bits per heavy atom. The zero-order chi connectivity index (χ0) is 12.8. The van der Waals surface area contributed by atoms with Gasteiger partial charge in [0.25, 0.3) is 0 Å². The smallest absolute Gasteiger partial charge is 0.122 e. The molecule has 0 spiro atoms. The lowest BCUT2D eigenvalue weighted by atomic mass is 10.0. The maximum Gasteiger partial charge on any atom is 0.122 e. The van der Waals surface area contributed by atoms with Gasteiger partial charge in [-0.05, 0) is 56.1 Å². The number of hydrogen-bond donors (Lipinski definition) is 2. The summed E-state index contributed by atoms with van der Waals surface area (Å²) in [6.45, 7) is 5.19. The summed E-state index contributed by atoms with van der Waals surface area (Å²) in [4.78, 5) is 0. The third-order valence-electron chi connectivity index (χ3n) is 3.57. The van der Waals surface area contributed by atoms with Gasteiger partial charge in [0.1, 0.15) is 5.75 Å². The van der Waals surface area contributed by atoms with E-state index in [1.54, 1.807) is 0 Å². The van der Waals surface area contributed by atoms with Crippen LogP contribution in [0, 0.1) is 5.92 Å². The van der Waals surface area contributed by atoms with Crippen LogP contribution in [0.25, 0.3) is 0 Å². The lowest BCUT2D eigenvalue weighted by molar-refractivity contribution is 0.288. The van der Waals surface area contributed by atoms with E-state index in [4.69, 9.17) is 4.74 Å². The summed E-state index contributed by atoms with van der Waals surface area (Å²) in [5.74, 6) is 1.75. The molecule has 1 aliphatic rings. The van der Waals surface area contributed by atoms with E-state index in [1.807, 2.05) is 7.05 Å². The van der Waals surface area contributed by atoms with E-state index >= 15 is 0 Å². The first kappa shape index (κ1) is 13.2. The number of anilines is 1. The van der Waals surface area contributed by atoms with Gasteiger partial charge < -0.3 is 15.4 Å². The van der Waals surface area contributed by atoms with Crippen LogP contribution in [0.2, 0.25) is 0 Å². The van der Waals surface area contributed by atoms with Crippen LogP contribution in [0.1, 0.15) is 25.3 Å². The Labute approximate surface area is 110 Å². The van der Waals surface area contributed by atoms with Gasteiger partial charge in [-0.3, -0.25) is 0 Å². The average Bonchev–Trinajstić information content (AvgIpc) is 2.43. The molecule has 1 aromatic carbocycles. The maximum absolute atomic E-state index is 5.63. The minimum Gasteiger partial charge on any atom is -0.493 e. The molecule has 0 radical (unpaired) electrons. The fraction of sp³-hybridized carbons (Fsp3) is 0.600. The van der Waals surface area contributed by atoms with Crippen molar-refractivity contribution in [2.24, 2.45) is 5.92 Å². The molecule has 1 atom stereocenters. The molecular weight excluding hydrogens is 224 g/mol. The van der Waals surface area contributed by atoms with Crippen molar-refractivity contribution in [1.82, 2.24) is 5.32 Å². The topological polar surface area (TPSA) is 33.3 Å². The van der Waals surface area contributed by atoms with Crippen molar-refractivity contribution < 1.29 is 4.74 Å². The fourth-order valence-electron chi connectivity index (χ4n) is 2.38. The van der Waals surface area contributed by atoms with E-state index in [-0.39, 0.29) is 0 Å². The summed E-state index contributed by atoms with van der Waals surface area (Å²) >= 11 is 0. The molecule has 3 heteroatoms. The van der Waals surface area contributed by atoms with E-state index in [1.165, 1.54) is 17.7 Å². The van der Waals surface area contributed by atoms with Crippen LogP contribution >= 0.6 is 0 Å². The molecule has 2 N–H and O–H groups in total. The van der Waals surface area contributed by atoms with Crippen LogP contribution in [-0.4, -0.2) is 26.7 Å². The van der Waals surface area contributed by atoms with Gasteiger partial charge in [-0.2, -0.15) is 0 Å². The highest BCUT2D eigenvalue weighted by Crippen LogP contribution is 2.27. The van der Waals surface area contributed by atoms with Crippen molar-refractivity contribution in [1.29, 1.82) is 0 Å². The van der Waals surface area contributed by atoms with Gasteiger partial charge in [0.05, 0.1) is 6.61 Å². The molecule has 1 aromatic rings. The lowest BCUT2D eigenvalue weighted by Crippen LogP contribution is -2.24. The quantitative estimate of drug-likeness (QED) is 0.812. The van der Waals surface area contributed by atoms with E-state index in [0.717, 1.165) is 38.3 Å². The van der Waals surface area contributed by atoms with Crippen molar-refractivity contribution in [2.45, 2.75) is 26.2 Å². The average molecular weight is 248 g/mol. The predicted octanol–water partition coefficient (Wildman–Crippen LogP) is 2.67. The molecule has 0 bridgehead atoms. The second-order valence-electron chi connectivity index (χ2n) is 4.99. The van der Waals surface area contributed by atoms with Gasteiger partial charge in [-0.25, -0.2) is 0 Å². The molecule has 1 unspecified atom stereocenters. The first-order chi connectivity index (χ1) is 8.83. The van der Waals surface area contributed by atoms with E-state index in [9.17, 15) is 0 Å². The fourth-order valence-corrected chi connectivity index (χ4v) is 2.38. The monoisotopic (exact) mass is 248 g/mol. The number of benzene rings is 1. The zero-order valence-electron chi connectivity index (χ0n) is 11.5. The molecule has 0 aromatic heterocycles. The molecule has 2 rings (SSSR count). The third kappa shape index (κ3) is 3.39. The summed E-state index contributed by atoms with van der Waals surface area (Å²) < 4.78 is 5.63. The van der Waals surface area contributed by atoms with Crippen molar-refractivity contribution in [3.05, 3.63) is 23.8 Å². The highest BCUT2D eigenvalue weighted by molar-refractivity contribution is 5.51. The number of nitrogens with one attached hydrogen (secondary N) is 2. The Kier molecular flexibility index (Phi) is 4.88. The van der Waals surface area contributed by atoms with E-state index in [0.29, 0.717) is 5.92 Å². The minimum atomic E-state index is 0.683. The molecule has 0 saturated carbocycles. The van der Waals surface area contributed by atoms with Gasteiger partial charge in [0.2, 0.25) is 0 Å². The Hall–Kier alpha value is -1.22. The van der Waals surface area contributed by atoms with Crippen LogP contribution < -0.4 is 15.4 Å². The number of fused-ring (bicyclic) bond motifs is 1. The highest BCUT2D eigenvalue weighted by Gasteiger charge is 2.11. The van der Waals surface area contributed by atoms with Gasteiger partial charge in [0.15, 0.2) is 0 Å². The van der Waals surface area contributed by atoms with Crippen LogP contribution in [0.3, 0.4) is 0 Å². The Morgan fingerprint density at radius 2 is 2.22 bits per heavy atom. The zero-order valence-corrected chi connectivity index (χ0v) is 11.5. The molecule has 0 aliphatic carbocycles. The second kappa shape index (κ2) is 6.64. The second-order valence-corrected chi connectivity index (χ2v) is 4.99. The molecule has 18 heavy (non-hydrogen) atoms. The highest BCUT2D eigenvalue weighted by atomic mass is 16.5. The van der Waals surface area contributed by atoms with Crippen LogP contribution in [0.15, 0.2) is 18.2 Å². The van der Waals surface area contributed by atoms with Crippen LogP contribution in [0.4, 0.5) is 5.69 Å². The normalized spacial score (nSPS) is 15.7. The number of rotatable bonds is 6. The lowest BCUT2D eigenvalue weighted by Gasteiger charge is -2.20. The largest absolute Gasteiger partial charge is 0.493 e. The van der Waals surface area contributed by atoms with E-state index in [2.05, 4.69) is 35.8 Å². The van der Waals surface area contributed by atoms with Crippen molar-refractivity contribution in [2.75, 3.05) is 32.1 Å². The summed E-state index contributed by atoms with van der Waals surface area (Å²) in [7, 11) is 2.01. The Balaban J connectivity index is 1.93. The Morgan fingerprint density at radius 1 is 1.33 bits per heavy atom. The number of aryl methyl sites for hydroxylation is 1. The van der Waals surface area contributed by atoms with Crippen molar-refractivity contribution in [3.8, 4) is 5.75 Å². The molecule has 3 nitrogen and oxygen atoms in total. The Bertz CT molecular complexity index is 379. The van der Waals surface area contributed by atoms with Crippen LogP contribution in [0.5, 0.6) is 5.75 Å². The molecule has 0 amide bonds. The molecule has 100 valence electrons. The summed E-state index contributed by atoms with van der Waals surface area (Å²) in [6.07, 6.45) is 3.47. The van der Waals surface area contributed by atoms with Crippen LogP contribution in [-0.2, 0) is 6.42 Å². The first-order valence-electron chi connectivity index (χ1n) is 6.97. The molecule has 0 saturated heterocycles. The SMILES string of the molecule is CCC(CNC)CNc1ccc2c(c1)CCCO2. The van der Waals surface area contributed by atoms with Gasteiger partial charge in [-0.15, -0.1) is 0 Å². The van der Waals surface area contributed by atoms with Gasteiger partial charge >= 0.3 is 0 Å². The first-order valence-corrected chi connectivity index (χ1v) is 6.97. The van der Waals surface area contributed by atoms with E-state index < -0.39 is 0 Å². The third-order valence-corrected chi connectivity index (χ3v) is 3.57. The molecule has 1 heterocycles. The molecular formula is C15H24N2O. The van der Waals surface area contributed by atoms with Crippen molar-refractivity contribution in [3.63, 3.8) is 0 Å². The number of hydrogen-bond acceptors (Lipinski definition) is 3. The summed E-state index contributed by atoms with van der Waals surface area (Å²) in [5.41, 5.74) is 2.56. The minimum absolute atomic E-state index is 0.683. The summed E-state index contributed by atoms with van der Waals surface area (Å²) in [6, 6.07) is 6.45. The standard InChI is InChI=1S/C15H24N2O/c1-3-12(10-16-2)11-17-14-6-7-15-13(9-14)5-4-8-18-15/h6-7,9,12,16-17H,3-5,8,10-11H2,1-2H3. The van der Waals surface area contributed by atoms with Gasteiger partial charge in [-0.1, -0.05) is 13.3 Å². The molecule has 0 fully saturated rings. The summed E-state index contributed by atoms with van der Waals surface area (Å²) in [5, 5.41) is 6.78. The predicted molar refractivity (Wildman–Crippen MR) is 76.5 cm³/mol.